The maximum atomic E-state index is 12.7. The quantitative estimate of drug-likeness (QED) is 0.873. The number of nitrogens with zero attached hydrogens (tertiary/aromatic N) is 3. The lowest BCUT2D eigenvalue weighted by atomic mass is 9.72. The Kier molecular flexibility index (Phi) is 5.70. The van der Waals surface area contributed by atoms with Crippen LogP contribution in [0.4, 0.5) is 0 Å². The van der Waals surface area contributed by atoms with E-state index in [0.29, 0.717) is 12.1 Å². The first-order valence-electron chi connectivity index (χ1n) is 9.82. The average Bonchev–Trinajstić information content (AvgIpc) is 3.12. The second-order valence-corrected chi connectivity index (χ2v) is 8.16. The number of H-pyrrole nitrogens is 1. The van der Waals surface area contributed by atoms with Crippen molar-refractivity contribution in [2.75, 3.05) is 46.8 Å². The number of carbonyl (C=O) groups excluding carboxylic acids is 2. The number of likely N-dealkylation sites (tertiary alicyclic amines) is 2. The molecule has 2 aliphatic heterocycles. The van der Waals surface area contributed by atoms with Crippen LogP contribution in [0.5, 0.6) is 0 Å². The minimum Gasteiger partial charge on any atom is -0.354 e. The van der Waals surface area contributed by atoms with Gasteiger partial charge >= 0.3 is 0 Å². The Balaban J connectivity index is 1.58. The fourth-order valence-corrected chi connectivity index (χ4v) is 4.16. The van der Waals surface area contributed by atoms with Crippen LogP contribution in [0.3, 0.4) is 0 Å². The van der Waals surface area contributed by atoms with Gasteiger partial charge in [0.05, 0.1) is 0 Å². The van der Waals surface area contributed by atoms with Crippen LogP contribution in [-0.2, 0) is 11.2 Å². The number of rotatable bonds is 5. The molecule has 1 spiro atoms. The van der Waals surface area contributed by atoms with E-state index >= 15 is 0 Å². The van der Waals surface area contributed by atoms with Gasteiger partial charge in [0.2, 0.25) is 5.91 Å². The Bertz CT molecular complexity index is 644. The molecule has 0 aromatic carbocycles. The van der Waals surface area contributed by atoms with Crippen molar-refractivity contribution < 1.29 is 9.59 Å². The summed E-state index contributed by atoms with van der Waals surface area (Å²) in [7, 11) is 4.08. The van der Waals surface area contributed by atoms with Gasteiger partial charge in [-0.05, 0) is 57.3 Å². The molecule has 1 N–H and O–H groups in total. The van der Waals surface area contributed by atoms with Crippen molar-refractivity contribution in [1.82, 2.24) is 19.7 Å². The predicted molar refractivity (Wildman–Crippen MR) is 102 cm³/mol. The summed E-state index contributed by atoms with van der Waals surface area (Å²) in [5.41, 5.74) is 2.00. The number of piperidine rings is 2. The highest BCUT2D eigenvalue weighted by Gasteiger charge is 2.41. The standard InChI is InChI=1S/C20H32N4O2/c1-4-16-5-6-17(21-16)19(26)23-11-9-20(10-12-23)8-7-18(25)24(15-20)14-13-22(2)3/h5-6,21H,4,7-15H2,1-3H3. The maximum Gasteiger partial charge on any atom is 0.270 e. The number of hydrogen-bond acceptors (Lipinski definition) is 3. The number of carbonyl (C=O) groups is 2. The lowest BCUT2D eigenvalue weighted by molar-refractivity contribution is -0.139. The third kappa shape index (κ3) is 4.11. The van der Waals surface area contributed by atoms with Gasteiger partial charge < -0.3 is 19.7 Å². The first kappa shape index (κ1) is 19.0. The summed E-state index contributed by atoms with van der Waals surface area (Å²) >= 11 is 0. The van der Waals surface area contributed by atoms with Gasteiger partial charge in [-0.3, -0.25) is 9.59 Å². The number of amides is 2. The van der Waals surface area contributed by atoms with Gasteiger partial charge in [0.15, 0.2) is 0 Å². The van der Waals surface area contributed by atoms with E-state index in [1.165, 1.54) is 0 Å². The Hall–Kier alpha value is -1.82. The fraction of sp³-hybridized carbons (Fsp3) is 0.700. The van der Waals surface area contributed by atoms with Crippen LogP contribution in [0.25, 0.3) is 0 Å². The number of aromatic nitrogens is 1. The van der Waals surface area contributed by atoms with Gasteiger partial charge in [-0.25, -0.2) is 0 Å². The van der Waals surface area contributed by atoms with E-state index in [1.54, 1.807) is 0 Å². The van der Waals surface area contributed by atoms with E-state index in [1.807, 2.05) is 36.0 Å². The normalized spacial score (nSPS) is 20.2. The van der Waals surface area contributed by atoms with E-state index in [-0.39, 0.29) is 17.2 Å². The molecule has 1 aromatic rings. The van der Waals surface area contributed by atoms with Crippen LogP contribution in [0.15, 0.2) is 12.1 Å². The number of likely N-dealkylation sites (N-methyl/N-ethyl adjacent to an activating group) is 1. The second-order valence-electron chi connectivity index (χ2n) is 8.16. The van der Waals surface area contributed by atoms with Gasteiger partial charge in [-0.1, -0.05) is 6.92 Å². The first-order chi connectivity index (χ1) is 12.4. The van der Waals surface area contributed by atoms with Crippen LogP contribution in [0.1, 0.15) is 48.8 Å². The van der Waals surface area contributed by atoms with Crippen molar-refractivity contribution in [2.24, 2.45) is 5.41 Å². The Morgan fingerprint density at radius 1 is 1.23 bits per heavy atom. The van der Waals surface area contributed by atoms with Crippen LogP contribution in [-0.4, -0.2) is 78.3 Å². The molecule has 26 heavy (non-hydrogen) atoms. The highest BCUT2D eigenvalue weighted by atomic mass is 16.2. The molecular weight excluding hydrogens is 328 g/mol. The summed E-state index contributed by atoms with van der Waals surface area (Å²) in [4.78, 5) is 34.3. The van der Waals surface area contributed by atoms with Crippen molar-refractivity contribution in [3.05, 3.63) is 23.5 Å². The van der Waals surface area contributed by atoms with Crippen LogP contribution < -0.4 is 0 Å². The summed E-state index contributed by atoms with van der Waals surface area (Å²) in [5.74, 6) is 0.394. The molecule has 3 heterocycles. The Labute approximate surface area is 156 Å². The lowest BCUT2D eigenvalue weighted by Crippen LogP contribution is -2.53. The third-order valence-corrected chi connectivity index (χ3v) is 6.03. The van der Waals surface area contributed by atoms with E-state index in [4.69, 9.17) is 0 Å². The van der Waals surface area contributed by atoms with E-state index < -0.39 is 0 Å². The number of nitrogens with one attached hydrogen (secondary N) is 1. The molecule has 0 bridgehead atoms. The summed E-state index contributed by atoms with van der Waals surface area (Å²) < 4.78 is 0. The van der Waals surface area contributed by atoms with E-state index in [0.717, 1.165) is 64.1 Å². The molecule has 0 unspecified atom stereocenters. The van der Waals surface area contributed by atoms with Crippen LogP contribution in [0.2, 0.25) is 0 Å². The maximum absolute atomic E-state index is 12.7. The molecule has 2 fully saturated rings. The van der Waals surface area contributed by atoms with E-state index in [2.05, 4.69) is 16.8 Å². The summed E-state index contributed by atoms with van der Waals surface area (Å²) in [5, 5.41) is 0. The predicted octanol–water partition coefficient (Wildman–Crippen LogP) is 1.98. The average molecular weight is 361 g/mol. The van der Waals surface area contributed by atoms with E-state index in [9.17, 15) is 9.59 Å². The first-order valence-corrected chi connectivity index (χ1v) is 9.82. The highest BCUT2D eigenvalue weighted by molar-refractivity contribution is 5.92. The van der Waals surface area contributed by atoms with Crippen LogP contribution >= 0.6 is 0 Å². The molecule has 6 heteroatoms. The zero-order chi connectivity index (χ0) is 18.7. The monoisotopic (exact) mass is 360 g/mol. The smallest absolute Gasteiger partial charge is 0.270 e. The number of aromatic amines is 1. The van der Waals surface area contributed by atoms with Gasteiger partial charge in [-0.15, -0.1) is 0 Å². The summed E-state index contributed by atoms with van der Waals surface area (Å²) in [6.07, 6.45) is 4.51. The highest BCUT2D eigenvalue weighted by Crippen LogP contribution is 2.40. The summed E-state index contributed by atoms with van der Waals surface area (Å²) in [6.45, 7) is 6.21. The topological polar surface area (TPSA) is 59.7 Å². The molecule has 6 nitrogen and oxygen atoms in total. The van der Waals surface area contributed by atoms with Gasteiger partial charge in [0.1, 0.15) is 5.69 Å². The molecule has 0 atom stereocenters. The second kappa shape index (κ2) is 7.82. The lowest BCUT2D eigenvalue weighted by Gasteiger charge is -2.47. The fourth-order valence-electron chi connectivity index (χ4n) is 4.16. The molecule has 3 rings (SSSR count). The molecule has 2 amide bonds. The molecule has 1 aromatic heterocycles. The molecule has 144 valence electrons. The van der Waals surface area contributed by atoms with Crippen LogP contribution in [0, 0.1) is 5.41 Å². The Morgan fingerprint density at radius 3 is 2.58 bits per heavy atom. The minimum absolute atomic E-state index is 0.107. The zero-order valence-corrected chi connectivity index (χ0v) is 16.4. The molecule has 0 saturated carbocycles. The van der Waals surface area contributed by atoms with Crippen molar-refractivity contribution in [3.8, 4) is 0 Å². The third-order valence-electron chi connectivity index (χ3n) is 6.03. The molecule has 0 aliphatic carbocycles. The Morgan fingerprint density at radius 2 is 1.96 bits per heavy atom. The van der Waals surface area contributed by atoms with Crippen molar-refractivity contribution in [2.45, 2.75) is 39.0 Å². The zero-order valence-electron chi connectivity index (χ0n) is 16.4. The van der Waals surface area contributed by atoms with Gasteiger partial charge in [-0.2, -0.15) is 0 Å². The van der Waals surface area contributed by atoms with Crippen molar-refractivity contribution in [1.29, 1.82) is 0 Å². The van der Waals surface area contributed by atoms with Gasteiger partial charge in [0, 0.05) is 44.8 Å². The van der Waals surface area contributed by atoms with Crippen molar-refractivity contribution >= 4 is 11.8 Å². The molecule has 2 aliphatic rings. The largest absolute Gasteiger partial charge is 0.354 e. The summed E-state index contributed by atoms with van der Waals surface area (Å²) in [6, 6.07) is 3.89. The molecular formula is C20H32N4O2. The SMILES string of the molecule is CCc1ccc(C(=O)N2CCC3(CCC(=O)N(CCN(C)C)C3)CC2)[nH]1. The number of aryl methyl sites for hydroxylation is 1. The number of hydrogen-bond donors (Lipinski definition) is 1. The molecule has 2 saturated heterocycles. The minimum atomic E-state index is 0.107. The van der Waals surface area contributed by atoms with Gasteiger partial charge in [0.25, 0.3) is 5.91 Å². The molecule has 0 radical (unpaired) electrons. The van der Waals surface area contributed by atoms with Crippen molar-refractivity contribution in [3.63, 3.8) is 0 Å².